The Kier molecular flexibility index (Phi) is 8.74. The highest BCUT2D eigenvalue weighted by atomic mass is 16.3. The Morgan fingerprint density at radius 2 is 0.725 bits per heavy atom. The van der Waals surface area contributed by atoms with Crippen LogP contribution in [0.15, 0.2) is 254 Å². The van der Waals surface area contributed by atoms with Gasteiger partial charge in [-0.2, -0.15) is 0 Å². The number of hydrogen-bond donors (Lipinski definition) is 0. The van der Waals surface area contributed by atoms with Gasteiger partial charge in [-0.05, 0) is 109 Å². The molecule has 0 amide bonds. The van der Waals surface area contributed by atoms with Crippen molar-refractivity contribution in [2.45, 2.75) is 0 Å². The van der Waals surface area contributed by atoms with Crippen LogP contribution in [-0.4, -0.2) is 0 Å². The molecule has 0 fully saturated rings. The molecule has 12 aromatic carbocycles. The molecular weight excluding hydrogens is 837 g/mol. The molecule has 1 aromatic heterocycles. The van der Waals surface area contributed by atoms with E-state index in [1.165, 1.54) is 54.7 Å². The maximum Gasteiger partial charge on any atom is 0.159 e. The fourth-order valence-electron chi connectivity index (χ4n) is 11.3. The van der Waals surface area contributed by atoms with Crippen molar-refractivity contribution >= 4 is 94.0 Å². The zero-order valence-corrected chi connectivity index (χ0v) is 37.6. The van der Waals surface area contributed by atoms with Crippen LogP contribution in [0.4, 0.5) is 34.1 Å². The Labute approximate surface area is 400 Å². The van der Waals surface area contributed by atoms with Crippen LogP contribution in [0.1, 0.15) is 11.1 Å². The van der Waals surface area contributed by atoms with E-state index in [-0.39, 0.29) is 0 Å². The second-order valence-corrected chi connectivity index (χ2v) is 18.0. The fraction of sp³-hybridized carbons (Fsp3) is 0. The molecule has 0 bridgehead atoms. The van der Waals surface area contributed by atoms with E-state index in [4.69, 9.17) is 11.0 Å². The van der Waals surface area contributed by atoms with E-state index >= 15 is 0 Å². The van der Waals surface area contributed by atoms with Gasteiger partial charge in [0.15, 0.2) is 5.58 Å². The molecule has 0 saturated carbocycles. The minimum atomic E-state index is 0.848. The van der Waals surface area contributed by atoms with Crippen molar-refractivity contribution in [2.75, 3.05) is 9.80 Å². The SMILES string of the molecule is C=C1c2c(-c3ccccc3)cccc2-c2cccc(N(c3ccccc3)c3ccc4ccc5c(N(c6ccccc6)c6cccc7c6oc6c(-c8ccccc8)cccc67)ccc6ccc3c4c65)c21. The Morgan fingerprint density at radius 3 is 1.33 bits per heavy atom. The van der Waals surface area contributed by atoms with Gasteiger partial charge in [0.2, 0.25) is 0 Å². The molecule has 0 aliphatic heterocycles. The van der Waals surface area contributed by atoms with Crippen molar-refractivity contribution in [3.8, 4) is 33.4 Å². The number of benzene rings is 12. The maximum absolute atomic E-state index is 7.08. The van der Waals surface area contributed by atoms with Crippen LogP contribution >= 0.6 is 0 Å². The van der Waals surface area contributed by atoms with Gasteiger partial charge in [0, 0.05) is 44.0 Å². The van der Waals surface area contributed by atoms with E-state index < -0.39 is 0 Å². The summed E-state index contributed by atoms with van der Waals surface area (Å²) < 4.78 is 7.08. The molecule has 322 valence electrons. The predicted molar refractivity (Wildman–Crippen MR) is 291 cm³/mol. The summed E-state index contributed by atoms with van der Waals surface area (Å²) in [6.07, 6.45) is 0. The average molecular weight is 879 g/mol. The van der Waals surface area contributed by atoms with Crippen molar-refractivity contribution in [3.63, 3.8) is 0 Å². The quantitative estimate of drug-likeness (QED) is 0.142. The number of rotatable bonds is 8. The summed E-state index contributed by atoms with van der Waals surface area (Å²) in [6.45, 7) is 4.87. The summed E-state index contributed by atoms with van der Waals surface area (Å²) >= 11 is 0. The average Bonchev–Trinajstić information content (AvgIpc) is 3.95. The monoisotopic (exact) mass is 878 g/mol. The molecule has 1 aliphatic carbocycles. The highest BCUT2D eigenvalue weighted by Crippen LogP contribution is 2.55. The lowest BCUT2D eigenvalue weighted by molar-refractivity contribution is 0.670. The Balaban J connectivity index is 0.985. The molecular formula is C66H42N2O. The van der Waals surface area contributed by atoms with E-state index in [2.05, 4.69) is 252 Å². The number of nitrogens with zero attached hydrogens (tertiary/aromatic N) is 2. The highest BCUT2D eigenvalue weighted by molar-refractivity contribution is 6.29. The van der Waals surface area contributed by atoms with Gasteiger partial charge >= 0.3 is 0 Å². The van der Waals surface area contributed by atoms with Crippen molar-refractivity contribution < 1.29 is 4.42 Å². The minimum absolute atomic E-state index is 0.848. The van der Waals surface area contributed by atoms with Gasteiger partial charge in [0.05, 0.1) is 22.7 Å². The Bertz CT molecular complexity index is 4140. The molecule has 0 atom stereocenters. The second kappa shape index (κ2) is 15.4. The lowest BCUT2D eigenvalue weighted by Crippen LogP contribution is -2.13. The molecule has 3 heteroatoms. The summed E-state index contributed by atoms with van der Waals surface area (Å²) in [6, 6.07) is 87.5. The van der Waals surface area contributed by atoms with Crippen LogP contribution < -0.4 is 9.80 Å². The maximum atomic E-state index is 7.08. The van der Waals surface area contributed by atoms with Gasteiger partial charge in [0.25, 0.3) is 0 Å². The summed E-state index contributed by atoms with van der Waals surface area (Å²) in [4.78, 5) is 4.84. The predicted octanol–water partition coefficient (Wildman–Crippen LogP) is 18.8. The molecule has 1 aliphatic rings. The first-order chi connectivity index (χ1) is 34.2. The number of hydrogen-bond acceptors (Lipinski definition) is 3. The van der Waals surface area contributed by atoms with E-state index in [1.807, 2.05) is 0 Å². The molecule has 3 nitrogen and oxygen atoms in total. The molecule has 14 rings (SSSR count). The smallest absolute Gasteiger partial charge is 0.159 e. The number of furan rings is 1. The van der Waals surface area contributed by atoms with E-state index in [0.717, 1.165) is 83.7 Å². The Hall–Kier alpha value is -9.18. The van der Waals surface area contributed by atoms with Crippen LogP contribution in [0, 0.1) is 0 Å². The normalized spacial score (nSPS) is 12.1. The number of para-hydroxylation sites is 4. The van der Waals surface area contributed by atoms with E-state index in [1.54, 1.807) is 0 Å². The van der Waals surface area contributed by atoms with E-state index in [0.29, 0.717) is 0 Å². The van der Waals surface area contributed by atoms with Crippen LogP contribution in [0.25, 0.3) is 93.2 Å². The fourth-order valence-corrected chi connectivity index (χ4v) is 11.3. The van der Waals surface area contributed by atoms with Crippen LogP contribution in [0.5, 0.6) is 0 Å². The van der Waals surface area contributed by atoms with Crippen molar-refractivity contribution in [1.29, 1.82) is 0 Å². The van der Waals surface area contributed by atoms with Crippen molar-refractivity contribution in [3.05, 3.63) is 260 Å². The topological polar surface area (TPSA) is 19.6 Å². The van der Waals surface area contributed by atoms with Gasteiger partial charge in [-0.3, -0.25) is 0 Å². The van der Waals surface area contributed by atoms with Crippen molar-refractivity contribution in [2.24, 2.45) is 0 Å². The number of fused-ring (bicyclic) bond motifs is 6. The zero-order valence-electron chi connectivity index (χ0n) is 37.6. The largest absolute Gasteiger partial charge is 0.453 e. The molecule has 1 heterocycles. The van der Waals surface area contributed by atoms with Gasteiger partial charge in [0.1, 0.15) is 5.58 Å². The summed E-state index contributed by atoms with van der Waals surface area (Å²) in [5.41, 5.74) is 18.5. The lowest BCUT2D eigenvalue weighted by Gasteiger charge is -2.30. The molecule has 0 radical (unpaired) electrons. The molecule has 0 N–H and O–H groups in total. The summed E-state index contributed by atoms with van der Waals surface area (Å²) in [7, 11) is 0. The third-order valence-electron chi connectivity index (χ3n) is 14.3. The first-order valence-corrected chi connectivity index (χ1v) is 23.6. The summed E-state index contributed by atoms with van der Waals surface area (Å²) in [5, 5.41) is 9.36. The molecule has 0 unspecified atom stereocenters. The highest BCUT2D eigenvalue weighted by Gasteiger charge is 2.31. The van der Waals surface area contributed by atoms with Crippen LogP contribution in [0.2, 0.25) is 0 Å². The molecule has 0 saturated heterocycles. The zero-order chi connectivity index (χ0) is 45.6. The van der Waals surface area contributed by atoms with Gasteiger partial charge in [-0.15, -0.1) is 0 Å². The first-order valence-electron chi connectivity index (χ1n) is 23.6. The lowest BCUT2D eigenvalue weighted by atomic mass is 9.91. The number of anilines is 6. The van der Waals surface area contributed by atoms with Gasteiger partial charge in [-0.1, -0.05) is 201 Å². The van der Waals surface area contributed by atoms with E-state index in [9.17, 15) is 0 Å². The third-order valence-corrected chi connectivity index (χ3v) is 14.3. The molecule has 0 spiro atoms. The Morgan fingerprint density at radius 1 is 0.290 bits per heavy atom. The minimum Gasteiger partial charge on any atom is -0.453 e. The molecule has 69 heavy (non-hydrogen) atoms. The van der Waals surface area contributed by atoms with Gasteiger partial charge in [-0.25, -0.2) is 0 Å². The van der Waals surface area contributed by atoms with Crippen molar-refractivity contribution in [1.82, 2.24) is 0 Å². The standard InChI is InChI=1S/C66H42N2O/c1-42-61-49(43-18-6-2-7-19-43)26-14-28-51(61)52-29-16-32-59(62(42)52)67(47-22-10-4-11-23-47)57-40-36-45-35-39-56-58(41-37-46-34-38-55(57)63(45)64(46)56)68(48-24-12-5-13-25-48)60-33-17-31-54-53-30-15-27-50(65(53)69-66(54)60)44-20-8-3-9-21-44/h2-41H,1H2. The first kappa shape index (κ1) is 39.0. The molecule has 13 aromatic rings. The third kappa shape index (κ3) is 5.94. The summed E-state index contributed by atoms with van der Waals surface area (Å²) in [5.74, 6) is 0. The van der Waals surface area contributed by atoms with Gasteiger partial charge < -0.3 is 14.2 Å². The van der Waals surface area contributed by atoms with Crippen LogP contribution in [0.3, 0.4) is 0 Å². The van der Waals surface area contributed by atoms with Crippen LogP contribution in [-0.2, 0) is 0 Å². The second-order valence-electron chi connectivity index (χ2n) is 18.0.